The number of amides is 1. The van der Waals surface area contributed by atoms with Crippen LogP contribution in [0.2, 0.25) is 0 Å². The van der Waals surface area contributed by atoms with Crippen LogP contribution in [0.3, 0.4) is 0 Å². The highest BCUT2D eigenvalue weighted by molar-refractivity contribution is 5.96. The fraction of sp³-hybridized carbons (Fsp3) is 0.250. The lowest BCUT2D eigenvalue weighted by molar-refractivity contribution is 0.0951. The van der Waals surface area contributed by atoms with Crippen molar-refractivity contribution in [3.8, 4) is 22.6 Å². The Balaban J connectivity index is 1.63. The molecule has 0 unspecified atom stereocenters. The summed E-state index contributed by atoms with van der Waals surface area (Å²) in [4.78, 5) is 24.4. The molecule has 1 amide bonds. The van der Waals surface area contributed by atoms with E-state index >= 15 is 0 Å². The summed E-state index contributed by atoms with van der Waals surface area (Å²) in [6.45, 7) is 4.00. The molecule has 2 aromatic heterocycles. The van der Waals surface area contributed by atoms with Crippen molar-refractivity contribution >= 4 is 5.91 Å². The molecule has 4 rings (SSSR count). The van der Waals surface area contributed by atoms with Gasteiger partial charge >= 0.3 is 0 Å². The van der Waals surface area contributed by atoms with Gasteiger partial charge in [-0.1, -0.05) is 6.07 Å². The second-order valence-corrected chi connectivity index (χ2v) is 6.62. The summed E-state index contributed by atoms with van der Waals surface area (Å²) in [5, 5.41) is 3.03. The van der Waals surface area contributed by atoms with Gasteiger partial charge in [-0.15, -0.1) is 0 Å². The molecule has 5 heteroatoms. The van der Waals surface area contributed by atoms with Crippen LogP contribution in [0.15, 0.2) is 42.7 Å². The first-order chi connectivity index (χ1) is 12.1. The van der Waals surface area contributed by atoms with E-state index in [2.05, 4.69) is 20.3 Å². The predicted octanol–water partition coefficient (Wildman–Crippen LogP) is 3.65. The van der Waals surface area contributed by atoms with E-state index < -0.39 is 0 Å². The highest BCUT2D eigenvalue weighted by atomic mass is 16.1. The van der Waals surface area contributed by atoms with Crippen LogP contribution in [0.25, 0.3) is 22.6 Å². The fourth-order valence-electron chi connectivity index (χ4n) is 2.79. The van der Waals surface area contributed by atoms with Crippen LogP contribution in [-0.2, 0) is 0 Å². The number of aromatic amines is 1. The number of H-pyrrole nitrogens is 1. The third-order valence-corrected chi connectivity index (χ3v) is 4.43. The Labute approximate surface area is 146 Å². The molecule has 0 radical (unpaired) electrons. The number of hydrogen-bond acceptors (Lipinski definition) is 3. The van der Waals surface area contributed by atoms with E-state index in [9.17, 15) is 4.79 Å². The van der Waals surface area contributed by atoms with E-state index in [-0.39, 0.29) is 5.91 Å². The number of aryl methyl sites for hydroxylation is 2. The maximum atomic E-state index is 12.3. The number of nitrogens with one attached hydrogen (secondary N) is 2. The summed E-state index contributed by atoms with van der Waals surface area (Å²) in [7, 11) is 0. The van der Waals surface area contributed by atoms with Gasteiger partial charge in [0.1, 0.15) is 5.82 Å². The van der Waals surface area contributed by atoms with Crippen LogP contribution < -0.4 is 5.32 Å². The largest absolute Gasteiger partial charge is 0.349 e. The average molecular weight is 332 g/mol. The molecule has 5 nitrogen and oxygen atoms in total. The molecule has 0 spiro atoms. The maximum Gasteiger partial charge on any atom is 0.251 e. The monoisotopic (exact) mass is 332 g/mol. The van der Waals surface area contributed by atoms with Crippen molar-refractivity contribution in [1.29, 1.82) is 0 Å². The first-order valence-corrected chi connectivity index (χ1v) is 8.50. The molecule has 0 aliphatic heterocycles. The summed E-state index contributed by atoms with van der Waals surface area (Å²) in [5.41, 5.74) is 5.56. The highest BCUT2D eigenvalue weighted by Gasteiger charge is 2.24. The van der Waals surface area contributed by atoms with Gasteiger partial charge in [0.05, 0.1) is 5.69 Å². The smallest absolute Gasteiger partial charge is 0.251 e. The summed E-state index contributed by atoms with van der Waals surface area (Å²) in [5.74, 6) is 0.803. The molecule has 1 aromatic carbocycles. The lowest BCUT2D eigenvalue weighted by atomic mass is 10.0. The molecule has 126 valence electrons. The van der Waals surface area contributed by atoms with Crippen molar-refractivity contribution in [2.45, 2.75) is 32.7 Å². The number of carbonyl (C=O) groups is 1. The molecule has 1 fully saturated rings. The Kier molecular flexibility index (Phi) is 3.84. The van der Waals surface area contributed by atoms with Gasteiger partial charge in [-0.05, 0) is 56.5 Å². The summed E-state index contributed by atoms with van der Waals surface area (Å²) in [6.07, 6.45) is 5.78. The van der Waals surface area contributed by atoms with Crippen molar-refractivity contribution in [3.63, 3.8) is 0 Å². The quantitative estimate of drug-likeness (QED) is 0.766. The minimum Gasteiger partial charge on any atom is -0.349 e. The zero-order chi connectivity index (χ0) is 17.4. The molecule has 2 heterocycles. The van der Waals surface area contributed by atoms with Gasteiger partial charge in [0, 0.05) is 40.8 Å². The number of carbonyl (C=O) groups excluding carboxylic acids is 1. The summed E-state index contributed by atoms with van der Waals surface area (Å²) in [6, 6.07) is 10.1. The molecular weight excluding hydrogens is 312 g/mol. The van der Waals surface area contributed by atoms with Gasteiger partial charge in [0.25, 0.3) is 5.91 Å². The van der Waals surface area contributed by atoms with E-state index in [4.69, 9.17) is 0 Å². The summed E-state index contributed by atoms with van der Waals surface area (Å²) >= 11 is 0. The second kappa shape index (κ2) is 6.16. The average Bonchev–Trinajstić information content (AvgIpc) is 3.33. The molecule has 1 aliphatic carbocycles. The van der Waals surface area contributed by atoms with Gasteiger partial charge in [-0.25, -0.2) is 4.98 Å². The lowest BCUT2D eigenvalue weighted by Crippen LogP contribution is -2.25. The topological polar surface area (TPSA) is 70.7 Å². The lowest BCUT2D eigenvalue weighted by Gasteiger charge is -2.09. The van der Waals surface area contributed by atoms with Crippen LogP contribution in [0.1, 0.15) is 34.5 Å². The van der Waals surface area contributed by atoms with Crippen LogP contribution in [0.4, 0.5) is 0 Å². The van der Waals surface area contributed by atoms with Gasteiger partial charge in [0.2, 0.25) is 0 Å². The number of imidazole rings is 1. The van der Waals surface area contributed by atoms with Crippen LogP contribution >= 0.6 is 0 Å². The Morgan fingerprint density at radius 2 is 1.96 bits per heavy atom. The first-order valence-electron chi connectivity index (χ1n) is 8.50. The van der Waals surface area contributed by atoms with E-state index in [0.717, 1.165) is 46.7 Å². The number of hydrogen-bond donors (Lipinski definition) is 2. The van der Waals surface area contributed by atoms with Crippen molar-refractivity contribution in [2.24, 2.45) is 0 Å². The maximum absolute atomic E-state index is 12.3. The molecule has 2 N–H and O–H groups in total. The van der Waals surface area contributed by atoms with Crippen LogP contribution in [-0.4, -0.2) is 26.9 Å². The van der Waals surface area contributed by atoms with Gasteiger partial charge < -0.3 is 10.3 Å². The Bertz CT molecular complexity index is 923. The Morgan fingerprint density at radius 3 is 2.60 bits per heavy atom. The van der Waals surface area contributed by atoms with Gasteiger partial charge in [0.15, 0.2) is 0 Å². The van der Waals surface area contributed by atoms with Gasteiger partial charge in [-0.2, -0.15) is 0 Å². The standard InChI is InChI=1S/C20H20N4O/c1-12-3-4-14(20(25)24-16-6-7-16)9-17(12)18-8-5-15(11-21-18)19-22-10-13(2)23-19/h3-5,8-11,16H,6-7H2,1-2H3,(H,22,23)(H,24,25). The zero-order valence-electron chi connectivity index (χ0n) is 14.3. The Morgan fingerprint density at radius 1 is 1.12 bits per heavy atom. The van der Waals surface area contributed by atoms with Crippen molar-refractivity contribution in [2.75, 3.05) is 0 Å². The zero-order valence-corrected chi connectivity index (χ0v) is 14.3. The van der Waals surface area contributed by atoms with Crippen molar-refractivity contribution in [1.82, 2.24) is 20.3 Å². The summed E-state index contributed by atoms with van der Waals surface area (Å²) < 4.78 is 0. The fourth-order valence-corrected chi connectivity index (χ4v) is 2.79. The molecule has 0 saturated heterocycles. The van der Waals surface area contributed by atoms with Crippen LogP contribution in [0, 0.1) is 13.8 Å². The molecule has 25 heavy (non-hydrogen) atoms. The Hall–Kier alpha value is -2.95. The van der Waals surface area contributed by atoms with Crippen molar-refractivity contribution < 1.29 is 4.79 Å². The number of benzene rings is 1. The van der Waals surface area contributed by atoms with Crippen molar-refractivity contribution in [3.05, 3.63) is 59.5 Å². The molecule has 3 aromatic rings. The predicted molar refractivity (Wildman–Crippen MR) is 97.2 cm³/mol. The first kappa shape index (κ1) is 15.6. The van der Waals surface area contributed by atoms with Gasteiger partial charge in [-0.3, -0.25) is 9.78 Å². The molecule has 1 saturated carbocycles. The molecule has 0 atom stereocenters. The molecular formula is C20H20N4O. The number of rotatable bonds is 4. The molecule has 0 bridgehead atoms. The minimum absolute atomic E-state index is 0.00793. The number of nitrogens with zero attached hydrogens (tertiary/aromatic N) is 2. The second-order valence-electron chi connectivity index (χ2n) is 6.62. The SMILES string of the molecule is Cc1cnc(-c2ccc(-c3cc(C(=O)NC4CC4)ccc3C)nc2)[nH]1. The van der Waals surface area contributed by atoms with E-state index in [1.807, 2.05) is 50.4 Å². The van der Waals surface area contributed by atoms with Crippen LogP contribution in [0.5, 0.6) is 0 Å². The highest BCUT2D eigenvalue weighted by Crippen LogP contribution is 2.26. The third kappa shape index (κ3) is 3.31. The molecule has 1 aliphatic rings. The minimum atomic E-state index is -0.00793. The van der Waals surface area contributed by atoms with E-state index in [0.29, 0.717) is 11.6 Å². The normalized spacial score (nSPS) is 13.7. The third-order valence-electron chi connectivity index (χ3n) is 4.43. The van der Waals surface area contributed by atoms with E-state index in [1.54, 1.807) is 6.20 Å². The van der Waals surface area contributed by atoms with E-state index in [1.165, 1.54) is 0 Å². The number of pyridine rings is 1. The number of aromatic nitrogens is 3.